The molecule has 3 rings (SSSR count). The van der Waals surface area contributed by atoms with Gasteiger partial charge in [0.15, 0.2) is 16.7 Å². The molecule has 1 fully saturated rings. The maximum atomic E-state index is 12.4. The number of thioether (sulfide) groups is 1. The van der Waals surface area contributed by atoms with Gasteiger partial charge in [0.1, 0.15) is 5.75 Å². The molecule has 1 aliphatic heterocycles. The van der Waals surface area contributed by atoms with Crippen molar-refractivity contribution in [2.45, 2.75) is 13.8 Å². The number of hydrogen-bond donors (Lipinski definition) is 1. The largest absolute Gasteiger partial charge is 0.494 e. The Bertz CT molecular complexity index is 958. The van der Waals surface area contributed by atoms with Gasteiger partial charge in [0.05, 0.1) is 30.9 Å². The molecule has 0 aliphatic carbocycles. The lowest BCUT2D eigenvalue weighted by atomic mass is 10.2. The summed E-state index contributed by atoms with van der Waals surface area (Å²) < 4.78 is 17.2. The first-order chi connectivity index (χ1) is 14.0. The monoisotopic (exact) mass is 476 g/mol. The van der Waals surface area contributed by atoms with Crippen molar-refractivity contribution in [3.63, 3.8) is 0 Å². The van der Waals surface area contributed by atoms with Gasteiger partial charge < -0.3 is 19.5 Å². The molecule has 0 radical (unpaired) electrons. The second-order valence-electron chi connectivity index (χ2n) is 5.87. The molecule has 0 atom stereocenters. The summed E-state index contributed by atoms with van der Waals surface area (Å²) in [7, 11) is 1.58. The summed E-state index contributed by atoms with van der Waals surface area (Å²) in [6.07, 6.45) is 1.79. The average molecular weight is 477 g/mol. The van der Waals surface area contributed by atoms with Gasteiger partial charge in [-0.05, 0) is 73.6 Å². The Balaban J connectivity index is 1.82. The van der Waals surface area contributed by atoms with Crippen LogP contribution in [0.4, 0.5) is 5.69 Å². The standard InChI is InChI=1S/C21H21BrN2O4S/c1-4-27-15-8-6-14(7-9-15)23-21-24-20(25)19(29-21)11-13-10-17(26-3)18(28-5-2)12-16(13)22/h6-12H,4-5H2,1-3H3,(H,23,24,25)/b19-11+. The number of carbonyl (C=O) groups is 1. The minimum absolute atomic E-state index is 0.195. The molecule has 8 heteroatoms. The molecule has 0 saturated carbocycles. The van der Waals surface area contributed by atoms with Gasteiger partial charge in [-0.3, -0.25) is 4.79 Å². The number of rotatable bonds is 7. The highest BCUT2D eigenvalue weighted by Crippen LogP contribution is 2.36. The van der Waals surface area contributed by atoms with Crippen molar-refractivity contribution in [3.05, 3.63) is 51.3 Å². The van der Waals surface area contributed by atoms with Gasteiger partial charge in [0, 0.05) is 4.47 Å². The molecule has 0 bridgehead atoms. The average Bonchev–Trinajstić information content (AvgIpc) is 3.04. The first-order valence-corrected chi connectivity index (χ1v) is 10.7. The summed E-state index contributed by atoms with van der Waals surface area (Å²) in [4.78, 5) is 17.4. The van der Waals surface area contributed by atoms with E-state index in [9.17, 15) is 4.79 Å². The second kappa shape index (κ2) is 9.84. The van der Waals surface area contributed by atoms with Crippen LogP contribution in [0.5, 0.6) is 17.2 Å². The van der Waals surface area contributed by atoms with Crippen molar-refractivity contribution in [2.24, 2.45) is 4.99 Å². The van der Waals surface area contributed by atoms with Crippen LogP contribution in [0.1, 0.15) is 19.4 Å². The highest BCUT2D eigenvalue weighted by molar-refractivity contribution is 9.10. The number of amidine groups is 1. The van der Waals surface area contributed by atoms with E-state index in [-0.39, 0.29) is 5.91 Å². The number of aliphatic imine (C=N–C) groups is 1. The molecule has 1 saturated heterocycles. The maximum absolute atomic E-state index is 12.4. The lowest BCUT2D eigenvalue weighted by Gasteiger charge is -2.11. The fourth-order valence-corrected chi connectivity index (χ4v) is 3.88. The Morgan fingerprint density at radius 3 is 2.48 bits per heavy atom. The zero-order valence-electron chi connectivity index (χ0n) is 16.3. The van der Waals surface area contributed by atoms with Crippen LogP contribution >= 0.6 is 27.7 Å². The Morgan fingerprint density at radius 2 is 1.83 bits per heavy atom. The first kappa shape index (κ1) is 21.3. The highest BCUT2D eigenvalue weighted by atomic mass is 79.9. The highest BCUT2D eigenvalue weighted by Gasteiger charge is 2.24. The van der Waals surface area contributed by atoms with Crippen molar-refractivity contribution in [1.29, 1.82) is 0 Å². The van der Waals surface area contributed by atoms with E-state index in [4.69, 9.17) is 14.2 Å². The van der Waals surface area contributed by atoms with Crippen LogP contribution in [-0.2, 0) is 4.79 Å². The molecule has 2 aromatic carbocycles. The number of nitrogens with zero attached hydrogens (tertiary/aromatic N) is 1. The third-order valence-electron chi connectivity index (χ3n) is 3.90. The van der Waals surface area contributed by atoms with Crippen LogP contribution in [0.2, 0.25) is 0 Å². The van der Waals surface area contributed by atoms with E-state index < -0.39 is 0 Å². The maximum Gasteiger partial charge on any atom is 0.264 e. The first-order valence-electron chi connectivity index (χ1n) is 9.06. The third kappa shape index (κ3) is 5.33. The SMILES string of the molecule is CCOc1ccc(N=C2NC(=O)/C(=C\c3cc(OC)c(OCC)cc3Br)S2)cc1. The van der Waals surface area contributed by atoms with E-state index in [0.29, 0.717) is 34.8 Å². The number of methoxy groups -OCH3 is 1. The molecule has 0 aromatic heterocycles. The Labute approximate surface area is 182 Å². The molecular weight excluding hydrogens is 456 g/mol. The molecule has 1 amide bonds. The third-order valence-corrected chi connectivity index (χ3v) is 5.50. The number of benzene rings is 2. The minimum Gasteiger partial charge on any atom is -0.494 e. The van der Waals surface area contributed by atoms with Gasteiger partial charge in [0.25, 0.3) is 5.91 Å². The molecule has 0 unspecified atom stereocenters. The molecule has 6 nitrogen and oxygen atoms in total. The van der Waals surface area contributed by atoms with Crippen LogP contribution in [0.3, 0.4) is 0 Å². The second-order valence-corrected chi connectivity index (χ2v) is 7.75. The lowest BCUT2D eigenvalue weighted by molar-refractivity contribution is -0.115. The Morgan fingerprint density at radius 1 is 1.10 bits per heavy atom. The summed E-state index contributed by atoms with van der Waals surface area (Å²) in [6, 6.07) is 11.1. The predicted octanol–water partition coefficient (Wildman–Crippen LogP) is 5.15. The van der Waals surface area contributed by atoms with Crippen molar-refractivity contribution in [2.75, 3.05) is 20.3 Å². The zero-order valence-corrected chi connectivity index (χ0v) is 18.7. The Kier molecular flexibility index (Phi) is 7.22. The van der Waals surface area contributed by atoms with Crippen LogP contribution < -0.4 is 19.5 Å². The molecule has 0 spiro atoms. The van der Waals surface area contributed by atoms with Gasteiger partial charge in [0.2, 0.25) is 0 Å². The molecule has 1 aliphatic rings. The number of carbonyl (C=O) groups excluding carboxylic acids is 1. The normalized spacial score (nSPS) is 16.2. The number of amides is 1. The summed E-state index contributed by atoms with van der Waals surface area (Å²) in [5.74, 6) is 1.84. The van der Waals surface area contributed by atoms with Gasteiger partial charge >= 0.3 is 0 Å². The summed E-state index contributed by atoms with van der Waals surface area (Å²) >= 11 is 4.82. The number of halogens is 1. The molecule has 1 heterocycles. The topological polar surface area (TPSA) is 69.2 Å². The number of hydrogen-bond acceptors (Lipinski definition) is 6. The quantitative estimate of drug-likeness (QED) is 0.559. The summed E-state index contributed by atoms with van der Waals surface area (Å²) in [5.41, 5.74) is 1.55. The summed E-state index contributed by atoms with van der Waals surface area (Å²) in [5, 5.41) is 3.32. The fourth-order valence-electron chi connectivity index (χ4n) is 2.61. The zero-order chi connectivity index (χ0) is 20.8. The fraction of sp³-hybridized carbons (Fsp3) is 0.238. The number of nitrogens with one attached hydrogen (secondary N) is 1. The van der Waals surface area contributed by atoms with Crippen molar-refractivity contribution in [1.82, 2.24) is 5.32 Å². The van der Waals surface area contributed by atoms with E-state index in [1.54, 1.807) is 13.2 Å². The summed E-state index contributed by atoms with van der Waals surface area (Å²) in [6.45, 7) is 4.99. The van der Waals surface area contributed by atoms with Crippen LogP contribution in [0.15, 0.2) is 50.8 Å². The molecule has 29 heavy (non-hydrogen) atoms. The van der Waals surface area contributed by atoms with Crippen LogP contribution in [0.25, 0.3) is 6.08 Å². The van der Waals surface area contributed by atoms with Gasteiger partial charge in [-0.25, -0.2) is 4.99 Å². The molecule has 1 N–H and O–H groups in total. The van der Waals surface area contributed by atoms with E-state index >= 15 is 0 Å². The van der Waals surface area contributed by atoms with Crippen molar-refractivity contribution in [3.8, 4) is 17.2 Å². The van der Waals surface area contributed by atoms with E-state index in [1.165, 1.54) is 11.8 Å². The number of ether oxygens (including phenoxy) is 3. The molecule has 2 aromatic rings. The van der Waals surface area contributed by atoms with Crippen molar-refractivity contribution >= 4 is 50.5 Å². The smallest absolute Gasteiger partial charge is 0.264 e. The van der Waals surface area contributed by atoms with E-state index in [2.05, 4.69) is 26.2 Å². The minimum atomic E-state index is -0.195. The van der Waals surface area contributed by atoms with Crippen LogP contribution in [-0.4, -0.2) is 31.4 Å². The predicted molar refractivity (Wildman–Crippen MR) is 120 cm³/mol. The van der Waals surface area contributed by atoms with Gasteiger partial charge in [-0.15, -0.1) is 0 Å². The molecular formula is C21H21BrN2O4S. The lowest BCUT2D eigenvalue weighted by Crippen LogP contribution is -2.19. The van der Waals surface area contributed by atoms with Gasteiger partial charge in [-0.1, -0.05) is 15.9 Å². The van der Waals surface area contributed by atoms with E-state index in [1.807, 2.05) is 50.2 Å². The van der Waals surface area contributed by atoms with Gasteiger partial charge in [-0.2, -0.15) is 0 Å². The Hall–Kier alpha value is -2.45. The van der Waals surface area contributed by atoms with E-state index in [0.717, 1.165) is 21.5 Å². The molecule has 152 valence electrons. The van der Waals surface area contributed by atoms with Crippen molar-refractivity contribution < 1.29 is 19.0 Å². The van der Waals surface area contributed by atoms with Crippen LogP contribution in [0, 0.1) is 0 Å².